The molecule has 1 N–H and O–H groups in total. The highest BCUT2D eigenvalue weighted by Crippen LogP contribution is 2.41. The number of carbonyl (C=O) groups excluding carboxylic acids is 1. The summed E-state index contributed by atoms with van der Waals surface area (Å²) in [6, 6.07) is 8.04. The number of thiocarbonyl (C=S) groups is 1. The first-order valence-electron chi connectivity index (χ1n) is 7.70. The number of amides is 1. The third kappa shape index (κ3) is 4.27. The van der Waals surface area contributed by atoms with Crippen LogP contribution in [0.1, 0.15) is 12.5 Å². The van der Waals surface area contributed by atoms with Crippen LogP contribution in [0.4, 0.5) is 5.69 Å². The van der Waals surface area contributed by atoms with Gasteiger partial charge in [0.1, 0.15) is 0 Å². The molecule has 4 nitrogen and oxygen atoms in total. The maximum atomic E-state index is 12.9. The molecule has 140 valence electrons. The Kier molecular flexibility index (Phi) is 6.38. The summed E-state index contributed by atoms with van der Waals surface area (Å²) in [7, 11) is 0. The van der Waals surface area contributed by atoms with E-state index < -0.39 is 0 Å². The molecular weight excluding hydrogens is 493 g/mol. The largest absolute Gasteiger partial charge is 0.504 e. The molecule has 0 aromatic heterocycles. The predicted octanol–water partition coefficient (Wildman–Crippen LogP) is 6.27. The molecular formula is C18H12BrCl2NO3S2. The lowest BCUT2D eigenvalue weighted by atomic mass is 10.2. The number of anilines is 1. The van der Waals surface area contributed by atoms with Crippen molar-refractivity contribution in [2.75, 3.05) is 11.5 Å². The van der Waals surface area contributed by atoms with E-state index in [1.54, 1.807) is 30.3 Å². The van der Waals surface area contributed by atoms with Crippen LogP contribution in [0.15, 0.2) is 39.7 Å². The number of thioether (sulfide) groups is 1. The third-order valence-electron chi connectivity index (χ3n) is 3.61. The number of nitrogens with zero attached hydrogens (tertiary/aromatic N) is 1. The molecule has 3 rings (SSSR count). The van der Waals surface area contributed by atoms with Crippen LogP contribution in [0.3, 0.4) is 0 Å². The first-order chi connectivity index (χ1) is 12.8. The summed E-state index contributed by atoms with van der Waals surface area (Å²) in [6.45, 7) is 2.23. The van der Waals surface area contributed by atoms with Crippen molar-refractivity contribution in [3.05, 3.63) is 55.3 Å². The Hall–Kier alpha value is -1.25. The topological polar surface area (TPSA) is 49.8 Å². The minimum Gasteiger partial charge on any atom is -0.504 e. The number of phenolic OH excluding ortho intramolecular Hbond substituents is 1. The van der Waals surface area contributed by atoms with E-state index in [-0.39, 0.29) is 11.7 Å². The smallest absolute Gasteiger partial charge is 0.270 e. The molecule has 1 aliphatic heterocycles. The van der Waals surface area contributed by atoms with E-state index in [1.165, 1.54) is 22.7 Å². The summed E-state index contributed by atoms with van der Waals surface area (Å²) in [5.74, 6) is 0.0664. The van der Waals surface area contributed by atoms with Gasteiger partial charge in [-0.15, -0.1) is 0 Å². The summed E-state index contributed by atoms with van der Waals surface area (Å²) in [6.07, 6.45) is 1.69. The van der Waals surface area contributed by atoms with Crippen LogP contribution in [-0.4, -0.2) is 21.9 Å². The number of rotatable bonds is 4. The molecule has 0 bridgehead atoms. The van der Waals surface area contributed by atoms with E-state index in [0.29, 0.717) is 47.4 Å². The molecule has 1 heterocycles. The molecule has 27 heavy (non-hydrogen) atoms. The van der Waals surface area contributed by atoms with Crippen molar-refractivity contribution in [3.63, 3.8) is 0 Å². The summed E-state index contributed by atoms with van der Waals surface area (Å²) < 4.78 is 6.40. The van der Waals surface area contributed by atoms with Crippen LogP contribution < -0.4 is 9.64 Å². The molecule has 1 amide bonds. The Bertz CT molecular complexity index is 981. The van der Waals surface area contributed by atoms with E-state index in [2.05, 4.69) is 15.9 Å². The molecule has 0 unspecified atom stereocenters. The molecule has 1 fully saturated rings. The Balaban J connectivity index is 1.98. The van der Waals surface area contributed by atoms with Crippen molar-refractivity contribution in [1.29, 1.82) is 0 Å². The van der Waals surface area contributed by atoms with Gasteiger partial charge in [0.2, 0.25) is 0 Å². The molecule has 0 atom stereocenters. The van der Waals surface area contributed by atoms with E-state index in [4.69, 9.17) is 40.2 Å². The average Bonchev–Trinajstić information content (AvgIpc) is 2.86. The molecule has 0 radical (unpaired) electrons. The quantitative estimate of drug-likeness (QED) is 0.393. The van der Waals surface area contributed by atoms with E-state index >= 15 is 0 Å². The zero-order valence-corrected chi connectivity index (χ0v) is 18.6. The van der Waals surface area contributed by atoms with Gasteiger partial charge >= 0.3 is 0 Å². The van der Waals surface area contributed by atoms with Gasteiger partial charge in [-0.05, 0) is 48.9 Å². The Morgan fingerprint density at radius 2 is 2.07 bits per heavy atom. The van der Waals surface area contributed by atoms with Crippen LogP contribution in [0.25, 0.3) is 6.08 Å². The molecule has 2 aromatic rings. The van der Waals surface area contributed by atoms with Crippen LogP contribution in [0.2, 0.25) is 10.0 Å². The summed E-state index contributed by atoms with van der Waals surface area (Å²) in [5, 5.41) is 10.8. The summed E-state index contributed by atoms with van der Waals surface area (Å²) in [4.78, 5) is 14.7. The van der Waals surface area contributed by atoms with Crippen molar-refractivity contribution < 1.29 is 14.6 Å². The number of carbonyl (C=O) groups is 1. The number of phenols is 1. The fourth-order valence-corrected chi connectivity index (χ4v) is 4.63. The van der Waals surface area contributed by atoms with Crippen molar-refractivity contribution in [2.45, 2.75) is 6.92 Å². The van der Waals surface area contributed by atoms with E-state index in [0.717, 1.165) is 0 Å². The first kappa shape index (κ1) is 20.5. The van der Waals surface area contributed by atoms with Gasteiger partial charge in [-0.1, -0.05) is 63.1 Å². The number of ether oxygens (including phenoxy) is 1. The molecule has 2 aromatic carbocycles. The lowest BCUT2D eigenvalue weighted by Crippen LogP contribution is -2.27. The molecule has 9 heteroatoms. The lowest BCUT2D eigenvalue weighted by molar-refractivity contribution is -0.113. The number of hydrogen-bond donors (Lipinski definition) is 1. The van der Waals surface area contributed by atoms with Crippen molar-refractivity contribution in [2.24, 2.45) is 0 Å². The van der Waals surface area contributed by atoms with Crippen molar-refractivity contribution in [1.82, 2.24) is 0 Å². The zero-order valence-electron chi connectivity index (χ0n) is 13.8. The number of aromatic hydroxyl groups is 1. The number of hydrogen-bond acceptors (Lipinski definition) is 5. The van der Waals surface area contributed by atoms with Gasteiger partial charge in [-0.25, -0.2) is 0 Å². The van der Waals surface area contributed by atoms with Gasteiger partial charge in [0, 0.05) is 9.50 Å². The van der Waals surface area contributed by atoms with Gasteiger partial charge in [0.25, 0.3) is 5.91 Å². The average molecular weight is 505 g/mol. The zero-order chi connectivity index (χ0) is 19.7. The SMILES string of the molecule is CCOc1cc(/C=C2/SC(=S)N(c3ccc(Cl)cc3Cl)C2=O)c(Br)cc1O. The van der Waals surface area contributed by atoms with Crippen LogP contribution >= 0.6 is 63.1 Å². The third-order valence-corrected chi connectivity index (χ3v) is 6.14. The second-order valence-corrected chi connectivity index (χ2v) is 8.76. The lowest BCUT2D eigenvalue weighted by Gasteiger charge is -2.16. The van der Waals surface area contributed by atoms with Gasteiger partial charge in [0.05, 0.1) is 22.2 Å². The number of benzene rings is 2. The monoisotopic (exact) mass is 503 g/mol. The van der Waals surface area contributed by atoms with Gasteiger partial charge < -0.3 is 9.84 Å². The van der Waals surface area contributed by atoms with Gasteiger partial charge in [-0.3, -0.25) is 9.69 Å². The van der Waals surface area contributed by atoms with E-state index in [1.807, 2.05) is 6.92 Å². The fraction of sp³-hybridized carbons (Fsp3) is 0.111. The Morgan fingerprint density at radius 1 is 1.33 bits per heavy atom. The normalized spacial score (nSPS) is 15.7. The number of halogens is 3. The highest BCUT2D eigenvalue weighted by atomic mass is 79.9. The second kappa shape index (κ2) is 8.41. The minimum atomic E-state index is -0.285. The predicted molar refractivity (Wildman–Crippen MR) is 119 cm³/mol. The highest BCUT2D eigenvalue weighted by Gasteiger charge is 2.34. The summed E-state index contributed by atoms with van der Waals surface area (Å²) in [5.41, 5.74) is 1.16. The molecule has 0 aliphatic carbocycles. The minimum absolute atomic E-state index is 0.0152. The Labute approximate surface area is 184 Å². The van der Waals surface area contributed by atoms with Crippen LogP contribution in [0, 0.1) is 0 Å². The first-order valence-corrected chi connectivity index (χ1v) is 10.5. The molecule has 1 saturated heterocycles. The van der Waals surface area contributed by atoms with Crippen LogP contribution in [-0.2, 0) is 4.79 Å². The van der Waals surface area contributed by atoms with Crippen molar-refractivity contribution >= 4 is 85.1 Å². The standard InChI is InChI=1S/C18H12BrCl2NO3S2/c1-2-25-15-5-9(11(19)8-14(15)23)6-16-17(24)22(18(26)27-16)13-4-3-10(20)7-12(13)21/h3-8,23H,2H2,1H3/b16-6+. The molecule has 0 saturated carbocycles. The van der Waals surface area contributed by atoms with Gasteiger partial charge in [0.15, 0.2) is 15.8 Å². The highest BCUT2D eigenvalue weighted by molar-refractivity contribution is 9.10. The summed E-state index contributed by atoms with van der Waals surface area (Å²) >= 11 is 22.1. The van der Waals surface area contributed by atoms with E-state index in [9.17, 15) is 9.90 Å². The molecule has 0 spiro atoms. The van der Waals surface area contributed by atoms with Crippen molar-refractivity contribution in [3.8, 4) is 11.5 Å². The van der Waals surface area contributed by atoms with Crippen LogP contribution in [0.5, 0.6) is 11.5 Å². The maximum absolute atomic E-state index is 12.9. The second-order valence-electron chi connectivity index (χ2n) is 5.39. The van der Waals surface area contributed by atoms with Gasteiger partial charge in [-0.2, -0.15) is 0 Å². The fourth-order valence-electron chi connectivity index (χ4n) is 2.42. The Morgan fingerprint density at radius 3 is 2.74 bits per heavy atom. The maximum Gasteiger partial charge on any atom is 0.270 e. The molecule has 1 aliphatic rings.